The Balaban J connectivity index is 1.71. The smallest absolute Gasteiger partial charge is 0.286 e. The van der Waals surface area contributed by atoms with Gasteiger partial charge in [0.1, 0.15) is 11.6 Å². The van der Waals surface area contributed by atoms with Crippen LogP contribution in [0.5, 0.6) is 11.5 Å². The van der Waals surface area contributed by atoms with E-state index >= 15 is 0 Å². The first-order chi connectivity index (χ1) is 17.0. The zero-order valence-corrected chi connectivity index (χ0v) is 20.8. The average molecular weight is 483 g/mol. The Kier molecular flexibility index (Phi) is 10.2. The molecule has 1 amide bonds. The molecule has 1 heterocycles. The maximum absolute atomic E-state index is 13.8. The van der Waals surface area contributed by atoms with E-state index in [-0.39, 0.29) is 11.7 Å². The lowest BCUT2D eigenvalue weighted by atomic mass is 10.1. The van der Waals surface area contributed by atoms with Crippen LogP contribution in [-0.4, -0.2) is 31.6 Å². The number of amides is 1. The molecule has 0 saturated heterocycles. The summed E-state index contributed by atoms with van der Waals surface area (Å²) in [6.45, 7) is 4.32. The van der Waals surface area contributed by atoms with Crippen LogP contribution in [0.3, 0.4) is 0 Å². The van der Waals surface area contributed by atoms with E-state index in [9.17, 15) is 9.18 Å². The summed E-state index contributed by atoms with van der Waals surface area (Å²) in [6, 6.07) is 15.8. The number of methoxy groups -OCH3 is 2. The molecular weight excluding hydrogens is 447 g/mol. The summed E-state index contributed by atoms with van der Waals surface area (Å²) in [5, 5.41) is 2.92. The third-order valence-electron chi connectivity index (χ3n) is 5.73. The van der Waals surface area contributed by atoms with E-state index in [4.69, 9.17) is 13.9 Å². The normalized spacial score (nSPS) is 11.0. The molecule has 1 aromatic heterocycles. The maximum atomic E-state index is 13.8. The quantitative estimate of drug-likeness (QED) is 0.288. The van der Waals surface area contributed by atoms with Gasteiger partial charge in [0.15, 0.2) is 17.3 Å². The summed E-state index contributed by atoms with van der Waals surface area (Å²) >= 11 is 0. The van der Waals surface area contributed by atoms with Gasteiger partial charge in [0.25, 0.3) is 5.91 Å². The van der Waals surface area contributed by atoms with Crippen molar-refractivity contribution in [2.75, 3.05) is 20.8 Å². The lowest BCUT2D eigenvalue weighted by molar-refractivity contribution is 0.0920. The lowest BCUT2D eigenvalue weighted by Gasteiger charge is -2.22. The molecule has 0 saturated carbocycles. The molecule has 6 nitrogen and oxygen atoms in total. The van der Waals surface area contributed by atoms with Crippen LogP contribution < -0.4 is 14.8 Å². The van der Waals surface area contributed by atoms with Crippen LogP contribution in [0, 0.1) is 5.82 Å². The Morgan fingerprint density at radius 1 is 0.914 bits per heavy atom. The fourth-order valence-corrected chi connectivity index (χ4v) is 3.94. The minimum Gasteiger partial charge on any atom is -0.493 e. The SMILES string of the molecule is CCCCCCNC(=O)c1ccc(CN(Cc2cccc(F)c2)Cc2ccc(OC)c(OC)c2)o1. The standard InChI is InChI=1S/C28H35FN2O4/c1-4-5-6-7-15-30-28(32)26-14-12-24(35-26)20-31(18-21-9-8-10-23(29)16-21)19-22-11-13-25(33-2)27(17-22)34-3/h8-14,16-17H,4-7,15,18-20H2,1-3H3,(H,30,32). The highest BCUT2D eigenvalue weighted by molar-refractivity contribution is 5.91. The van der Waals surface area contributed by atoms with E-state index in [2.05, 4.69) is 17.1 Å². The van der Waals surface area contributed by atoms with Gasteiger partial charge in [-0.25, -0.2) is 4.39 Å². The molecule has 3 aromatic rings. The third kappa shape index (κ3) is 8.14. The first kappa shape index (κ1) is 26.3. The second kappa shape index (κ2) is 13.5. The van der Waals surface area contributed by atoms with Gasteiger partial charge in [-0.15, -0.1) is 0 Å². The molecule has 2 aromatic carbocycles. The molecule has 0 aliphatic rings. The Bertz CT molecular complexity index is 1080. The Hall–Kier alpha value is -3.32. The number of nitrogens with one attached hydrogen (secondary N) is 1. The van der Waals surface area contributed by atoms with Crippen molar-refractivity contribution in [2.24, 2.45) is 0 Å². The molecule has 1 N–H and O–H groups in total. The maximum Gasteiger partial charge on any atom is 0.286 e. The summed E-state index contributed by atoms with van der Waals surface area (Å²) in [6.07, 6.45) is 4.39. The molecule has 0 bridgehead atoms. The van der Waals surface area contributed by atoms with Crippen molar-refractivity contribution in [3.63, 3.8) is 0 Å². The van der Waals surface area contributed by atoms with Gasteiger partial charge >= 0.3 is 0 Å². The topological polar surface area (TPSA) is 63.9 Å². The van der Waals surface area contributed by atoms with Crippen molar-refractivity contribution in [3.05, 3.63) is 83.1 Å². The Labute approximate surface area is 207 Å². The van der Waals surface area contributed by atoms with Gasteiger partial charge in [-0.3, -0.25) is 9.69 Å². The van der Waals surface area contributed by atoms with Crippen LogP contribution in [0.25, 0.3) is 0 Å². The van der Waals surface area contributed by atoms with Gasteiger partial charge < -0.3 is 19.2 Å². The highest BCUT2D eigenvalue weighted by Gasteiger charge is 2.16. The molecular formula is C28H35FN2O4. The van der Waals surface area contributed by atoms with Crippen LogP contribution in [0.1, 0.15) is 60.0 Å². The average Bonchev–Trinajstić information content (AvgIpc) is 3.32. The zero-order chi connectivity index (χ0) is 25.0. The fourth-order valence-electron chi connectivity index (χ4n) is 3.94. The first-order valence-electron chi connectivity index (χ1n) is 12.1. The monoisotopic (exact) mass is 482 g/mol. The number of ether oxygens (including phenoxy) is 2. The number of rotatable bonds is 14. The van der Waals surface area contributed by atoms with Gasteiger partial charge in [0, 0.05) is 19.6 Å². The number of carbonyl (C=O) groups excluding carboxylic acids is 1. The van der Waals surface area contributed by atoms with Gasteiger partial charge in [0.05, 0.1) is 20.8 Å². The number of benzene rings is 2. The molecule has 0 unspecified atom stereocenters. The second-order valence-electron chi connectivity index (χ2n) is 8.55. The lowest BCUT2D eigenvalue weighted by Crippen LogP contribution is -2.24. The highest BCUT2D eigenvalue weighted by Crippen LogP contribution is 2.28. The number of hydrogen-bond acceptors (Lipinski definition) is 5. The van der Waals surface area contributed by atoms with Crippen molar-refractivity contribution in [1.29, 1.82) is 0 Å². The summed E-state index contributed by atoms with van der Waals surface area (Å²) in [5.74, 6) is 1.79. The van der Waals surface area contributed by atoms with E-state index in [1.54, 1.807) is 26.4 Å². The van der Waals surface area contributed by atoms with E-state index in [0.717, 1.165) is 30.4 Å². The van der Waals surface area contributed by atoms with Gasteiger partial charge in [-0.1, -0.05) is 44.4 Å². The molecule has 0 radical (unpaired) electrons. The van der Waals surface area contributed by atoms with Crippen LogP contribution >= 0.6 is 0 Å². The summed E-state index contributed by atoms with van der Waals surface area (Å²) in [7, 11) is 3.20. The van der Waals surface area contributed by atoms with Crippen molar-refractivity contribution in [2.45, 2.75) is 52.2 Å². The van der Waals surface area contributed by atoms with E-state index in [1.165, 1.54) is 18.6 Å². The Morgan fingerprint density at radius 2 is 1.69 bits per heavy atom. The molecule has 0 spiro atoms. The number of hydrogen-bond donors (Lipinski definition) is 1. The third-order valence-corrected chi connectivity index (χ3v) is 5.73. The number of unbranched alkanes of at least 4 members (excludes halogenated alkanes) is 3. The van der Waals surface area contributed by atoms with E-state index < -0.39 is 0 Å². The van der Waals surface area contributed by atoms with Crippen molar-refractivity contribution in [1.82, 2.24) is 10.2 Å². The van der Waals surface area contributed by atoms with E-state index in [0.29, 0.717) is 49.2 Å². The summed E-state index contributed by atoms with van der Waals surface area (Å²) in [5.41, 5.74) is 1.86. The minimum atomic E-state index is -0.274. The van der Waals surface area contributed by atoms with Gasteiger partial charge in [-0.05, 0) is 53.9 Å². The number of furan rings is 1. The molecule has 3 rings (SSSR count). The summed E-state index contributed by atoms with van der Waals surface area (Å²) in [4.78, 5) is 14.6. The number of nitrogens with zero attached hydrogens (tertiary/aromatic N) is 1. The molecule has 0 aliphatic carbocycles. The largest absolute Gasteiger partial charge is 0.493 e. The summed E-state index contributed by atoms with van der Waals surface area (Å²) < 4.78 is 30.4. The highest BCUT2D eigenvalue weighted by atomic mass is 19.1. The molecule has 35 heavy (non-hydrogen) atoms. The van der Waals surface area contributed by atoms with Crippen LogP contribution in [0.2, 0.25) is 0 Å². The molecule has 7 heteroatoms. The number of halogens is 1. The van der Waals surface area contributed by atoms with Crippen molar-refractivity contribution in [3.8, 4) is 11.5 Å². The molecule has 0 fully saturated rings. The van der Waals surface area contributed by atoms with Crippen LogP contribution in [0.4, 0.5) is 4.39 Å². The van der Waals surface area contributed by atoms with Crippen molar-refractivity contribution >= 4 is 5.91 Å². The van der Waals surface area contributed by atoms with Crippen molar-refractivity contribution < 1.29 is 23.1 Å². The fraction of sp³-hybridized carbons (Fsp3) is 0.393. The Morgan fingerprint density at radius 3 is 2.40 bits per heavy atom. The zero-order valence-electron chi connectivity index (χ0n) is 20.8. The first-order valence-corrected chi connectivity index (χ1v) is 12.1. The van der Waals surface area contributed by atoms with E-state index in [1.807, 2.05) is 30.3 Å². The van der Waals surface area contributed by atoms with Crippen LogP contribution in [-0.2, 0) is 19.6 Å². The minimum absolute atomic E-state index is 0.204. The molecule has 0 atom stereocenters. The second-order valence-corrected chi connectivity index (χ2v) is 8.55. The predicted octanol–water partition coefficient (Wildman–Crippen LogP) is 5.95. The van der Waals surface area contributed by atoms with Gasteiger partial charge in [-0.2, -0.15) is 0 Å². The van der Waals surface area contributed by atoms with Crippen LogP contribution in [0.15, 0.2) is 59.0 Å². The van der Waals surface area contributed by atoms with Gasteiger partial charge in [0.2, 0.25) is 0 Å². The molecule has 188 valence electrons. The molecule has 0 aliphatic heterocycles. The predicted molar refractivity (Wildman–Crippen MR) is 134 cm³/mol. The number of carbonyl (C=O) groups is 1.